The number of para-hydroxylation sites is 1. The van der Waals surface area contributed by atoms with E-state index < -0.39 is 10.0 Å². The van der Waals surface area contributed by atoms with Crippen LogP contribution in [0.3, 0.4) is 0 Å². The Morgan fingerprint density at radius 1 is 1.19 bits per heavy atom. The van der Waals surface area contributed by atoms with Crippen molar-refractivity contribution in [3.8, 4) is 17.1 Å². The summed E-state index contributed by atoms with van der Waals surface area (Å²) in [7, 11) is -2.38. The summed E-state index contributed by atoms with van der Waals surface area (Å²) >= 11 is 0. The van der Waals surface area contributed by atoms with Crippen LogP contribution in [0.5, 0.6) is 5.75 Å². The van der Waals surface area contributed by atoms with Gasteiger partial charge in [-0.25, -0.2) is 8.42 Å². The maximum atomic E-state index is 13.0. The van der Waals surface area contributed by atoms with Gasteiger partial charge in [-0.15, -0.1) is 0 Å². The van der Waals surface area contributed by atoms with Crippen LogP contribution < -0.4 is 9.46 Å². The van der Waals surface area contributed by atoms with Gasteiger partial charge in [0.2, 0.25) is 0 Å². The van der Waals surface area contributed by atoms with Gasteiger partial charge in [-0.1, -0.05) is 30.3 Å². The Kier molecular flexibility index (Phi) is 4.99. The van der Waals surface area contributed by atoms with Crippen molar-refractivity contribution in [2.24, 2.45) is 0 Å². The van der Waals surface area contributed by atoms with Crippen molar-refractivity contribution >= 4 is 15.7 Å². The Labute approximate surface area is 152 Å². The molecule has 0 bridgehead atoms. The lowest BCUT2D eigenvalue weighted by atomic mass is 10.1. The monoisotopic (exact) mass is 372 g/mol. The molecule has 3 rings (SSSR count). The van der Waals surface area contributed by atoms with E-state index in [-0.39, 0.29) is 10.6 Å². The zero-order valence-electron chi connectivity index (χ0n) is 14.8. The first-order valence-corrected chi connectivity index (χ1v) is 9.65. The number of nitrogens with one attached hydrogen (secondary N) is 1. The molecule has 0 aliphatic carbocycles. The second-order valence-electron chi connectivity index (χ2n) is 5.81. The van der Waals surface area contributed by atoms with Gasteiger partial charge < -0.3 is 9.26 Å². The van der Waals surface area contributed by atoms with Gasteiger partial charge in [0.25, 0.3) is 10.0 Å². The molecular weight excluding hydrogens is 352 g/mol. The van der Waals surface area contributed by atoms with E-state index >= 15 is 0 Å². The molecule has 136 valence electrons. The van der Waals surface area contributed by atoms with Crippen LogP contribution in [0.25, 0.3) is 11.3 Å². The second kappa shape index (κ2) is 7.21. The lowest BCUT2D eigenvalue weighted by Gasteiger charge is -2.16. The first-order chi connectivity index (χ1) is 12.5. The first kappa shape index (κ1) is 18.0. The van der Waals surface area contributed by atoms with Crippen LogP contribution in [-0.4, -0.2) is 20.7 Å². The van der Waals surface area contributed by atoms with Crippen LogP contribution in [0.4, 0.5) is 5.69 Å². The smallest absolute Gasteiger partial charge is 0.265 e. The fraction of sp³-hybridized carbons (Fsp3) is 0.211. The molecular formula is C19H20N2O4S. The number of anilines is 1. The minimum absolute atomic E-state index is 0.0635. The number of hydrogen-bond acceptors (Lipinski definition) is 5. The van der Waals surface area contributed by atoms with Gasteiger partial charge in [-0.2, -0.15) is 0 Å². The van der Waals surface area contributed by atoms with Crippen LogP contribution in [0.15, 0.2) is 58.1 Å². The highest BCUT2D eigenvalue weighted by molar-refractivity contribution is 7.92. The van der Waals surface area contributed by atoms with E-state index in [2.05, 4.69) is 9.88 Å². The molecule has 0 aliphatic rings. The van der Waals surface area contributed by atoms with Gasteiger partial charge in [0.05, 0.1) is 19.0 Å². The van der Waals surface area contributed by atoms with Crippen molar-refractivity contribution in [3.63, 3.8) is 0 Å². The van der Waals surface area contributed by atoms with E-state index in [0.29, 0.717) is 17.0 Å². The maximum Gasteiger partial charge on any atom is 0.265 e. The predicted octanol–water partition coefficient (Wildman–Crippen LogP) is 4.02. The number of aryl methyl sites for hydroxylation is 2. The van der Waals surface area contributed by atoms with Crippen LogP contribution in [0.1, 0.15) is 18.1 Å². The molecule has 2 aromatic carbocycles. The molecule has 1 aromatic heterocycles. The van der Waals surface area contributed by atoms with E-state index in [9.17, 15) is 8.42 Å². The number of hydrogen-bond donors (Lipinski definition) is 1. The fourth-order valence-corrected chi connectivity index (χ4v) is 4.09. The van der Waals surface area contributed by atoms with Gasteiger partial charge in [-0.05, 0) is 42.7 Å². The molecule has 0 saturated carbocycles. The van der Waals surface area contributed by atoms with E-state index in [1.165, 1.54) is 19.4 Å². The summed E-state index contributed by atoms with van der Waals surface area (Å²) in [5, 5.41) is 3.66. The topological polar surface area (TPSA) is 81.4 Å². The minimum atomic E-state index is -3.82. The summed E-state index contributed by atoms with van der Waals surface area (Å²) in [6.45, 7) is 3.86. The number of ether oxygens (including phenoxy) is 1. The lowest BCUT2D eigenvalue weighted by Crippen LogP contribution is -2.16. The summed E-state index contributed by atoms with van der Waals surface area (Å²) in [6, 6.07) is 12.2. The first-order valence-electron chi connectivity index (χ1n) is 8.16. The van der Waals surface area contributed by atoms with Gasteiger partial charge in [-0.3, -0.25) is 4.72 Å². The van der Waals surface area contributed by atoms with E-state index in [1.54, 1.807) is 18.2 Å². The number of rotatable bonds is 6. The Hall–Kier alpha value is -2.80. The normalized spacial score (nSPS) is 11.3. The van der Waals surface area contributed by atoms with Gasteiger partial charge >= 0.3 is 0 Å². The Morgan fingerprint density at radius 2 is 2.00 bits per heavy atom. The van der Waals surface area contributed by atoms with Gasteiger partial charge in [0.1, 0.15) is 10.6 Å². The molecule has 1 heterocycles. The van der Waals surface area contributed by atoms with Crippen molar-refractivity contribution in [3.05, 3.63) is 59.8 Å². The molecule has 0 saturated heterocycles. The van der Waals surface area contributed by atoms with E-state index in [0.717, 1.165) is 17.5 Å². The zero-order chi connectivity index (χ0) is 18.7. The van der Waals surface area contributed by atoms with Gasteiger partial charge in [0.15, 0.2) is 5.76 Å². The largest absolute Gasteiger partial charge is 0.495 e. The summed E-state index contributed by atoms with van der Waals surface area (Å²) in [5.41, 5.74) is 3.09. The van der Waals surface area contributed by atoms with Crippen LogP contribution in [0, 0.1) is 6.92 Å². The molecule has 1 N–H and O–H groups in total. The molecule has 0 amide bonds. The Balaban J connectivity index is 2.02. The van der Waals surface area contributed by atoms with Crippen molar-refractivity contribution in [2.75, 3.05) is 11.8 Å². The average Bonchev–Trinajstić information content (AvgIpc) is 3.17. The number of aromatic nitrogens is 1. The predicted molar refractivity (Wildman–Crippen MR) is 99.9 cm³/mol. The third kappa shape index (κ3) is 3.43. The SMILES string of the molecule is CCc1cccc(C)c1NS(=O)(=O)c1ccc(-c2ccno2)cc1OC. The molecule has 0 fully saturated rings. The van der Waals surface area contributed by atoms with Crippen LogP contribution in [0.2, 0.25) is 0 Å². The molecule has 0 aliphatic heterocycles. The molecule has 3 aromatic rings. The summed E-state index contributed by atoms with van der Waals surface area (Å²) in [6.07, 6.45) is 2.25. The summed E-state index contributed by atoms with van der Waals surface area (Å²) < 4.78 is 39.1. The second-order valence-corrected chi connectivity index (χ2v) is 7.46. The molecule has 0 unspecified atom stereocenters. The van der Waals surface area contributed by atoms with E-state index in [1.807, 2.05) is 32.0 Å². The Bertz CT molecular complexity index is 1010. The van der Waals surface area contributed by atoms with E-state index in [4.69, 9.17) is 9.26 Å². The highest BCUT2D eigenvalue weighted by atomic mass is 32.2. The number of sulfonamides is 1. The zero-order valence-corrected chi connectivity index (χ0v) is 15.6. The molecule has 6 nitrogen and oxygen atoms in total. The Morgan fingerprint density at radius 3 is 2.65 bits per heavy atom. The molecule has 0 spiro atoms. The highest BCUT2D eigenvalue weighted by Crippen LogP contribution is 2.32. The number of benzene rings is 2. The number of methoxy groups -OCH3 is 1. The summed E-state index contributed by atoms with van der Waals surface area (Å²) in [5.74, 6) is 0.769. The molecule has 7 heteroatoms. The van der Waals surface area contributed by atoms with Crippen molar-refractivity contribution in [1.82, 2.24) is 5.16 Å². The van der Waals surface area contributed by atoms with Crippen molar-refractivity contribution in [2.45, 2.75) is 25.2 Å². The third-order valence-corrected chi connectivity index (χ3v) is 5.54. The quantitative estimate of drug-likeness (QED) is 0.707. The lowest BCUT2D eigenvalue weighted by molar-refractivity contribution is 0.402. The fourth-order valence-electron chi connectivity index (χ4n) is 2.77. The average molecular weight is 372 g/mol. The van der Waals surface area contributed by atoms with Crippen LogP contribution in [-0.2, 0) is 16.4 Å². The van der Waals surface area contributed by atoms with Crippen molar-refractivity contribution < 1.29 is 17.7 Å². The van der Waals surface area contributed by atoms with Crippen LogP contribution >= 0.6 is 0 Å². The molecule has 0 radical (unpaired) electrons. The maximum absolute atomic E-state index is 13.0. The molecule has 0 atom stereocenters. The number of nitrogens with zero attached hydrogens (tertiary/aromatic N) is 1. The minimum Gasteiger partial charge on any atom is -0.495 e. The third-order valence-electron chi connectivity index (χ3n) is 4.15. The molecule has 26 heavy (non-hydrogen) atoms. The standard InChI is InChI=1S/C19H20N2O4S/c1-4-14-7-5-6-13(2)19(14)21-26(22,23)18-9-8-15(12-17(18)24-3)16-10-11-20-25-16/h5-12,21H,4H2,1-3H3. The van der Waals surface area contributed by atoms with Crippen molar-refractivity contribution in [1.29, 1.82) is 0 Å². The van der Waals surface area contributed by atoms with Gasteiger partial charge in [0, 0.05) is 11.6 Å². The summed E-state index contributed by atoms with van der Waals surface area (Å²) in [4.78, 5) is 0.0635. The highest BCUT2D eigenvalue weighted by Gasteiger charge is 2.22.